The highest BCUT2D eigenvalue weighted by Crippen LogP contribution is 2.24. The summed E-state index contributed by atoms with van der Waals surface area (Å²) in [6.07, 6.45) is 2.70. The van der Waals surface area contributed by atoms with Crippen LogP contribution in [0.15, 0.2) is 22.7 Å². The van der Waals surface area contributed by atoms with Crippen molar-refractivity contribution in [3.63, 3.8) is 0 Å². The van der Waals surface area contributed by atoms with Gasteiger partial charge < -0.3 is 5.73 Å². The van der Waals surface area contributed by atoms with Crippen molar-refractivity contribution in [3.8, 4) is 0 Å². The number of hydrogen-bond acceptors (Lipinski definition) is 2. The Morgan fingerprint density at radius 2 is 2.31 bits per heavy atom. The number of benzene rings is 1. The van der Waals surface area contributed by atoms with Gasteiger partial charge in [0.15, 0.2) is 0 Å². The molecule has 1 aliphatic rings. The SMILES string of the molecule is CC1CCCN(Cc2ccc(N)cc2Br)C1. The fourth-order valence-electron chi connectivity index (χ4n) is 2.36. The van der Waals surface area contributed by atoms with E-state index in [4.69, 9.17) is 5.73 Å². The molecule has 1 atom stereocenters. The topological polar surface area (TPSA) is 29.3 Å². The first-order valence-electron chi connectivity index (χ1n) is 5.91. The molecule has 1 fully saturated rings. The molecule has 16 heavy (non-hydrogen) atoms. The molecule has 1 aliphatic heterocycles. The second-order valence-electron chi connectivity index (χ2n) is 4.83. The highest BCUT2D eigenvalue weighted by Gasteiger charge is 2.16. The van der Waals surface area contributed by atoms with Crippen LogP contribution in [0.2, 0.25) is 0 Å². The predicted molar refractivity (Wildman–Crippen MR) is 72.2 cm³/mol. The number of likely N-dealkylation sites (tertiary alicyclic amines) is 1. The minimum absolute atomic E-state index is 0.822. The zero-order valence-electron chi connectivity index (χ0n) is 9.75. The Morgan fingerprint density at radius 1 is 1.50 bits per heavy atom. The summed E-state index contributed by atoms with van der Waals surface area (Å²) < 4.78 is 1.13. The summed E-state index contributed by atoms with van der Waals surface area (Å²) in [5, 5.41) is 0. The van der Waals surface area contributed by atoms with Crippen molar-refractivity contribution >= 4 is 21.6 Å². The normalized spacial score (nSPS) is 22.2. The molecule has 1 aromatic carbocycles. The minimum Gasteiger partial charge on any atom is -0.399 e. The van der Waals surface area contributed by atoms with Crippen LogP contribution in [0.1, 0.15) is 25.3 Å². The van der Waals surface area contributed by atoms with Gasteiger partial charge in [-0.25, -0.2) is 0 Å². The molecule has 0 saturated carbocycles. The second-order valence-corrected chi connectivity index (χ2v) is 5.69. The highest BCUT2D eigenvalue weighted by molar-refractivity contribution is 9.10. The van der Waals surface area contributed by atoms with Gasteiger partial charge in [-0.05, 0) is 43.0 Å². The zero-order chi connectivity index (χ0) is 11.5. The maximum atomic E-state index is 5.74. The van der Waals surface area contributed by atoms with Crippen molar-refractivity contribution in [1.29, 1.82) is 0 Å². The third-order valence-electron chi connectivity index (χ3n) is 3.21. The van der Waals surface area contributed by atoms with Crippen LogP contribution in [-0.2, 0) is 6.54 Å². The van der Waals surface area contributed by atoms with Crippen molar-refractivity contribution in [3.05, 3.63) is 28.2 Å². The lowest BCUT2D eigenvalue weighted by atomic mass is 10.00. The lowest BCUT2D eigenvalue weighted by molar-refractivity contribution is 0.176. The first-order valence-corrected chi connectivity index (χ1v) is 6.70. The number of rotatable bonds is 2. The summed E-state index contributed by atoms with van der Waals surface area (Å²) >= 11 is 3.58. The molecule has 1 unspecified atom stereocenters. The fourth-order valence-corrected chi connectivity index (χ4v) is 2.88. The number of nitrogen functional groups attached to an aromatic ring is 1. The van der Waals surface area contributed by atoms with Crippen molar-refractivity contribution < 1.29 is 0 Å². The van der Waals surface area contributed by atoms with E-state index in [1.165, 1.54) is 31.5 Å². The monoisotopic (exact) mass is 282 g/mol. The molecule has 0 aromatic heterocycles. The molecular formula is C13H19BrN2. The maximum absolute atomic E-state index is 5.74. The molecule has 1 aromatic rings. The van der Waals surface area contributed by atoms with Crippen molar-refractivity contribution in [2.75, 3.05) is 18.8 Å². The van der Waals surface area contributed by atoms with Gasteiger partial charge in [-0.3, -0.25) is 4.90 Å². The number of nitrogens with zero attached hydrogens (tertiary/aromatic N) is 1. The zero-order valence-corrected chi connectivity index (χ0v) is 11.3. The Bertz CT molecular complexity index is 365. The van der Waals surface area contributed by atoms with Crippen LogP contribution in [0.25, 0.3) is 0 Å². The molecule has 3 heteroatoms. The Kier molecular flexibility index (Phi) is 3.87. The van der Waals surface area contributed by atoms with Gasteiger partial charge in [-0.1, -0.05) is 28.9 Å². The molecule has 1 heterocycles. The quantitative estimate of drug-likeness (QED) is 0.844. The summed E-state index contributed by atoms with van der Waals surface area (Å²) in [5.41, 5.74) is 7.90. The first-order chi connectivity index (χ1) is 7.65. The Labute approximate surface area is 106 Å². The molecule has 0 radical (unpaired) electrons. The molecule has 0 bridgehead atoms. The number of halogens is 1. The molecule has 0 spiro atoms. The van der Waals surface area contributed by atoms with E-state index in [-0.39, 0.29) is 0 Å². The molecular weight excluding hydrogens is 264 g/mol. The standard InChI is InChI=1S/C13H19BrN2/c1-10-3-2-6-16(8-10)9-11-4-5-12(15)7-13(11)14/h4-5,7,10H,2-3,6,8-9,15H2,1H3. The minimum atomic E-state index is 0.822. The van der Waals surface area contributed by atoms with Gasteiger partial charge in [-0.15, -0.1) is 0 Å². The van der Waals surface area contributed by atoms with E-state index in [0.29, 0.717) is 0 Å². The average molecular weight is 283 g/mol. The van der Waals surface area contributed by atoms with Gasteiger partial charge in [0.05, 0.1) is 0 Å². The van der Waals surface area contributed by atoms with Crippen LogP contribution in [0.4, 0.5) is 5.69 Å². The van der Waals surface area contributed by atoms with E-state index in [1.54, 1.807) is 0 Å². The van der Waals surface area contributed by atoms with Gasteiger partial charge in [0.25, 0.3) is 0 Å². The maximum Gasteiger partial charge on any atom is 0.0325 e. The Hall–Kier alpha value is -0.540. The van der Waals surface area contributed by atoms with Gasteiger partial charge in [0.2, 0.25) is 0 Å². The average Bonchev–Trinajstić information content (AvgIpc) is 2.22. The van der Waals surface area contributed by atoms with E-state index in [0.717, 1.165) is 22.6 Å². The van der Waals surface area contributed by atoms with Crippen molar-refractivity contribution in [2.24, 2.45) is 5.92 Å². The molecule has 0 amide bonds. The van der Waals surface area contributed by atoms with Crippen molar-refractivity contribution in [2.45, 2.75) is 26.3 Å². The summed E-state index contributed by atoms with van der Waals surface area (Å²) in [7, 11) is 0. The highest BCUT2D eigenvalue weighted by atomic mass is 79.9. The van der Waals surface area contributed by atoms with Crippen LogP contribution in [0.5, 0.6) is 0 Å². The summed E-state index contributed by atoms with van der Waals surface area (Å²) in [6.45, 7) is 5.81. The molecule has 2 rings (SSSR count). The van der Waals surface area contributed by atoms with Crippen LogP contribution in [0, 0.1) is 5.92 Å². The number of hydrogen-bond donors (Lipinski definition) is 1. The van der Waals surface area contributed by atoms with E-state index in [2.05, 4.69) is 33.8 Å². The van der Waals surface area contributed by atoms with E-state index in [9.17, 15) is 0 Å². The third kappa shape index (κ3) is 2.98. The third-order valence-corrected chi connectivity index (χ3v) is 3.95. The molecule has 2 nitrogen and oxygen atoms in total. The first kappa shape index (κ1) is 11.9. The van der Waals surface area contributed by atoms with Gasteiger partial charge in [0.1, 0.15) is 0 Å². The molecule has 0 aliphatic carbocycles. The summed E-state index contributed by atoms with van der Waals surface area (Å²) in [6, 6.07) is 6.09. The van der Waals surface area contributed by atoms with Crippen LogP contribution in [-0.4, -0.2) is 18.0 Å². The summed E-state index contributed by atoms with van der Waals surface area (Å²) in [5.74, 6) is 0.835. The lowest BCUT2D eigenvalue weighted by Gasteiger charge is -2.31. The number of anilines is 1. The number of piperidine rings is 1. The van der Waals surface area contributed by atoms with Crippen LogP contribution >= 0.6 is 15.9 Å². The van der Waals surface area contributed by atoms with Gasteiger partial charge in [-0.2, -0.15) is 0 Å². The largest absolute Gasteiger partial charge is 0.399 e. The Morgan fingerprint density at radius 3 is 3.00 bits per heavy atom. The van der Waals surface area contributed by atoms with Crippen molar-refractivity contribution in [1.82, 2.24) is 4.90 Å². The van der Waals surface area contributed by atoms with Gasteiger partial charge >= 0.3 is 0 Å². The Balaban J connectivity index is 2.02. The van der Waals surface area contributed by atoms with Gasteiger partial charge in [0, 0.05) is 23.2 Å². The van der Waals surface area contributed by atoms with E-state index >= 15 is 0 Å². The van der Waals surface area contributed by atoms with Crippen LogP contribution in [0.3, 0.4) is 0 Å². The fraction of sp³-hybridized carbons (Fsp3) is 0.538. The summed E-state index contributed by atoms with van der Waals surface area (Å²) in [4.78, 5) is 2.53. The second kappa shape index (κ2) is 5.19. The van der Waals surface area contributed by atoms with Crippen LogP contribution < -0.4 is 5.73 Å². The van der Waals surface area contributed by atoms with E-state index < -0.39 is 0 Å². The molecule has 88 valence electrons. The number of nitrogens with two attached hydrogens (primary N) is 1. The lowest BCUT2D eigenvalue weighted by Crippen LogP contribution is -2.33. The predicted octanol–water partition coefficient (Wildman–Crippen LogP) is 3.26. The smallest absolute Gasteiger partial charge is 0.0325 e. The molecule has 2 N–H and O–H groups in total. The molecule has 1 saturated heterocycles. The van der Waals surface area contributed by atoms with E-state index in [1.807, 2.05) is 12.1 Å².